The molecule has 1 aliphatic carbocycles. The molecule has 1 spiro atoms. The van der Waals surface area contributed by atoms with Crippen molar-refractivity contribution in [2.75, 3.05) is 57.4 Å². The molecule has 278 valence electrons. The number of halogens is 1. The van der Waals surface area contributed by atoms with Crippen LogP contribution in [0.25, 0.3) is 0 Å². The number of sulfonamides is 1. The second-order valence-corrected chi connectivity index (χ2v) is 18.1. The van der Waals surface area contributed by atoms with E-state index in [0.717, 1.165) is 107 Å². The summed E-state index contributed by atoms with van der Waals surface area (Å²) in [5.41, 5.74) is 2.97. The number of benzene rings is 2. The molecule has 7 rings (SSSR count). The zero-order chi connectivity index (χ0) is 35.6. The van der Waals surface area contributed by atoms with Crippen molar-refractivity contribution >= 4 is 33.2 Å². The number of carbonyl (C=O) groups is 1. The van der Waals surface area contributed by atoms with Crippen molar-refractivity contribution in [3.63, 3.8) is 0 Å². The Morgan fingerprint density at radius 3 is 2.63 bits per heavy atom. The van der Waals surface area contributed by atoms with Gasteiger partial charge in [0.25, 0.3) is 5.91 Å². The van der Waals surface area contributed by atoms with E-state index in [1.165, 1.54) is 5.56 Å². The first-order chi connectivity index (χ1) is 24.6. The van der Waals surface area contributed by atoms with Gasteiger partial charge in [-0.3, -0.25) is 9.69 Å². The third kappa shape index (κ3) is 8.30. The first kappa shape index (κ1) is 36.7. The summed E-state index contributed by atoms with van der Waals surface area (Å²) in [6.45, 7) is 10.8. The van der Waals surface area contributed by atoms with Gasteiger partial charge in [-0.05, 0) is 123 Å². The highest BCUT2D eigenvalue weighted by molar-refractivity contribution is 7.90. The Labute approximate surface area is 309 Å². The Balaban J connectivity index is 1.24. The summed E-state index contributed by atoms with van der Waals surface area (Å²) in [5, 5.41) is -0.0448. The number of fused-ring (bicyclic) bond motifs is 4. The van der Waals surface area contributed by atoms with Gasteiger partial charge in [0.1, 0.15) is 18.0 Å². The molecular formula is C40H54ClN3O6S. The number of aryl methyl sites for hydroxylation is 1. The summed E-state index contributed by atoms with van der Waals surface area (Å²) in [4.78, 5) is 18.6. The van der Waals surface area contributed by atoms with Gasteiger partial charge in [-0.1, -0.05) is 36.7 Å². The summed E-state index contributed by atoms with van der Waals surface area (Å²) in [7, 11) is -3.94. The summed E-state index contributed by atoms with van der Waals surface area (Å²) in [6, 6.07) is 11.3. The Morgan fingerprint density at radius 1 is 0.980 bits per heavy atom. The second-order valence-electron chi connectivity index (χ2n) is 15.6. The maximum atomic E-state index is 13.6. The second kappa shape index (κ2) is 15.8. The molecule has 11 heteroatoms. The fourth-order valence-corrected chi connectivity index (χ4v) is 10.3. The number of morpholine rings is 1. The molecule has 2 aromatic carbocycles. The zero-order valence-corrected chi connectivity index (χ0v) is 31.7. The molecule has 2 saturated heterocycles. The van der Waals surface area contributed by atoms with Gasteiger partial charge in [0.05, 0.1) is 17.5 Å². The highest BCUT2D eigenvalue weighted by Gasteiger charge is 2.50. The molecule has 9 nitrogen and oxygen atoms in total. The fraction of sp³-hybridized carbons (Fsp3) is 0.625. The van der Waals surface area contributed by atoms with E-state index in [9.17, 15) is 13.2 Å². The number of hydrogen-bond acceptors (Lipinski definition) is 8. The largest absolute Gasteiger partial charge is 0.487 e. The van der Waals surface area contributed by atoms with Crippen LogP contribution in [-0.2, 0) is 32.5 Å². The van der Waals surface area contributed by atoms with Crippen molar-refractivity contribution < 1.29 is 27.4 Å². The van der Waals surface area contributed by atoms with E-state index in [1.807, 2.05) is 37.3 Å². The number of anilines is 1. The molecule has 5 aliphatic rings. The van der Waals surface area contributed by atoms with Crippen molar-refractivity contribution in [1.29, 1.82) is 0 Å². The molecule has 1 N–H and O–H groups in total. The molecule has 4 heterocycles. The lowest BCUT2D eigenvalue weighted by Crippen LogP contribution is -2.60. The number of hydrogen-bond donors (Lipinski definition) is 1. The lowest BCUT2D eigenvalue weighted by atomic mass is 9.63. The van der Waals surface area contributed by atoms with Gasteiger partial charge in [0, 0.05) is 56.5 Å². The normalized spacial score (nSPS) is 31.6. The van der Waals surface area contributed by atoms with Crippen LogP contribution < -0.4 is 14.4 Å². The minimum absolute atomic E-state index is 0.204. The Bertz CT molecular complexity index is 1700. The van der Waals surface area contributed by atoms with Gasteiger partial charge in [-0.15, -0.1) is 0 Å². The number of nitrogens with zero attached hydrogens (tertiary/aromatic N) is 2. The smallest absolute Gasteiger partial charge is 0.264 e. The van der Waals surface area contributed by atoms with Crippen LogP contribution in [0.3, 0.4) is 0 Å². The number of amides is 1. The molecule has 2 bridgehead atoms. The van der Waals surface area contributed by atoms with Crippen LogP contribution in [0.2, 0.25) is 5.02 Å². The summed E-state index contributed by atoms with van der Waals surface area (Å²) in [5.74, 6) is 1.19. The predicted octanol–water partition coefficient (Wildman–Crippen LogP) is 6.63. The van der Waals surface area contributed by atoms with Crippen LogP contribution in [0.1, 0.15) is 80.3 Å². The summed E-state index contributed by atoms with van der Waals surface area (Å²) in [6.07, 6.45) is 12.2. The Morgan fingerprint density at radius 2 is 1.82 bits per heavy atom. The lowest BCUT2D eigenvalue weighted by molar-refractivity contribution is -0.147. The lowest BCUT2D eigenvalue weighted by Gasteiger charge is -2.54. The zero-order valence-electron chi connectivity index (χ0n) is 30.2. The van der Waals surface area contributed by atoms with E-state index in [4.69, 9.17) is 25.8 Å². The maximum Gasteiger partial charge on any atom is 0.264 e. The van der Waals surface area contributed by atoms with Crippen molar-refractivity contribution in [1.82, 2.24) is 9.62 Å². The Hall–Kier alpha value is -2.63. The van der Waals surface area contributed by atoms with E-state index >= 15 is 0 Å². The monoisotopic (exact) mass is 739 g/mol. The molecule has 1 saturated carbocycles. The number of ether oxygens (including phenoxy) is 3. The van der Waals surface area contributed by atoms with E-state index < -0.39 is 26.8 Å². The SMILES string of the molecule is C[C@@H]1[C@@H](C)C/C=C/[C@]2(CN(CC3CCOCC3)CCO2)[C@@H]2CC[C@H]2CN2CCCCc3cc(Cl)ccc3COc3ccc(cc32)C(=O)NS1(=O)=O. The van der Waals surface area contributed by atoms with Gasteiger partial charge < -0.3 is 19.1 Å². The first-order valence-corrected chi connectivity index (χ1v) is 21.0. The standard InChI is InChI=1S/C40H54ClN3O6S/c1-28-6-5-16-40(27-43(18-21-50-40)24-30-14-19-48-20-15-30)36-12-9-33(36)25-44-17-4-3-7-31-22-35(41)11-8-34(31)26-49-38-13-10-32(23-37(38)44)39(45)42-51(46,47)29(28)2/h5,8,10-11,13,16,22-23,28-30,33,36H,3-4,6-7,9,12,14-15,17-21,24-27H2,1-2H3,(H,42,45)/b16-5+/t28-,29+,33-,36+,40-/m0/s1. The number of nitrogens with one attached hydrogen (secondary N) is 1. The van der Waals surface area contributed by atoms with Gasteiger partial charge in [-0.25, -0.2) is 13.1 Å². The van der Waals surface area contributed by atoms with Crippen molar-refractivity contribution in [2.24, 2.45) is 23.7 Å². The van der Waals surface area contributed by atoms with Crippen LogP contribution in [0, 0.1) is 23.7 Å². The van der Waals surface area contributed by atoms with E-state index in [2.05, 4.69) is 26.7 Å². The minimum atomic E-state index is -3.94. The summed E-state index contributed by atoms with van der Waals surface area (Å²) >= 11 is 6.40. The predicted molar refractivity (Wildman–Crippen MR) is 201 cm³/mol. The minimum Gasteiger partial charge on any atom is -0.487 e. The topological polar surface area (TPSA) is 97.4 Å². The van der Waals surface area contributed by atoms with Crippen molar-refractivity contribution in [3.05, 3.63) is 70.3 Å². The summed E-state index contributed by atoms with van der Waals surface area (Å²) < 4.78 is 48.6. The Kier molecular flexibility index (Phi) is 11.4. The molecule has 5 atom stereocenters. The number of rotatable bonds is 2. The molecule has 0 unspecified atom stereocenters. The van der Waals surface area contributed by atoms with Crippen molar-refractivity contribution in [2.45, 2.75) is 82.7 Å². The average Bonchev–Trinajstić information content (AvgIpc) is 3.13. The van der Waals surface area contributed by atoms with Crippen LogP contribution in [-0.4, -0.2) is 82.6 Å². The third-order valence-electron chi connectivity index (χ3n) is 12.3. The molecule has 2 aromatic rings. The van der Waals surface area contributed by atoms with E-state index in [1.54, 1.807) is 13.0 Å². The molecule has 0 radical (unpaired) electrons. The highest BCUT2D eigenvalue weighted by atomic mass is 35.5. The first-order valence-electron chi connectivity index (χ1n) is 19.1. The van der Waals surface area contributed by atoms with Crippen LogP contribution >= 0.6 is 11.6 Å². The fourth-order valence-electron chi connectivity index (χ4n) is 8.79. The molecule has 1 amide bonds. The third-order valence-corrected chi connectivity index (χ3v) is 14.4. The van der Waals surface area contributed by atoms with Crippen LogP contribution in [0.5, 0.6) is 5.75 Å². The van der Waals surface area contributed by atoms with Crippen LogP contribution in [0.15, 0.2) is 48.6 Å². The molecule has 4 aliphatic heterocycles. The molecule has 51 heavy (non-hydrogen) atoms. The molecule has 3 fully saturated rings. The number of carbonyl (C=O) groups excluding carboxylic acids is 1. The van der Waals surface area contributed by atoms with Crippen molar-refractivity contribution in [3.8, 4) is 5.75 Å². The molecule has 0 aromatic heterocycles. The highest BCUT2D eigenvalue weighted by Crippen LogP contribution is 2.48. The van der Waals surface area contributed by atoms with Crippen LogP contribution in [0.4, 0.5) is 5.69 Å². The van der Waals surface area contributed by atoms with E-state index in [-0.39, 0.29) is 5.92 Å². The molecular weight excluding hydrogens is 686 g/mol. The van der Waals surface area contributed by atoms with E-state index in [0.29, 0.717) is 48.7 Å². The number of allylic oxidation sites excluding steroid dienone is 1. The van der Waals surface area contributed by atoms with Gasteiger partial charge in [0.15, 0.2) is 0 Å². The van der Waals surface area contributed by atoms with Gasteiger partial charge in [-0.2, -0.15) is 0 Å². The average molecular weight is 740 g/mol. The van der Waals surface area contributed by atoms with Gasteiger partial charge in [0.2, 0.25) is 10.0 Å². The maximum absolute atomic E-state index is 13.6. The quantitative estimate of drug-likeness (QED) is 0.343. The van der Waals surface area contributed by atoms with Gasteiger partial charge >= 0.3 is 0 Å².